The number of hydrogen-bond donors (Lipinski definition) is 0. The Labute approximate surface area is 192 Å². The molecule has 0 saturated carbocycles. The van der Waals surface area contributed by atoms with Gasteiger partial charge in [0, 0.05) is 5.57 Å². The number of rotatable bonds is 3. The molecule has 1 aliphatic heterocycles. The standard InChI is InChI=1S/C28H20N2O2S/c1-19-15-17-21(18-16-19)33(31,32)27-26(20-9-3-2-4-10-20)28(30-29-27)24-13-7-5-11-22(24)23-12-6-8-14-25(23)28/h2-18H,1H3. The highest BCUT2D eigenvalue weighted by Crippen LogP contribution is 2.60. The van der Waals surface area contributed by atoms with Crippen molar-refractivity contribution in [3.8, 4) is 11.1 Å². The second kappa shape index (κ2) is 7.09. The quantitative estimate of drug-likeness (QED) is 0.358. The Bertz CT molecular complexity index is 1520. The normalized spacial score (nSPS) is 15.7. The van der Waals surface area contributed by atoms with Gasteiger partial charge in [-0.3, -0.25) is 0 Å². The molecule has 1 aliphatic carbocycles. The highest BCUT2D eigenvalue weighted by molar-refractivity contribution is 7.95. The maximum atomic E-state index is 13.9. The van der Waals surface area contributed by atoms with Gasteiger partial charge in [0.2, 0.25) is 9.84 Å². The molecule has 1 spiro atoms. The SMILES string of the molecule is Cc1ccc(S(=O)(=O)C2=C(c3ccccc3)C3(N=N2)c2ccccc2-c2ccccc23)cc1. The van der Waals surface area contributed by atoms with E-state index in [4.69, 9.17) is 5.11 Å². The Morgan fingerprint density at radius 1 is 0.667 bits per heavy atom. The van der Waals surface area contributed by atoms with Gasteiger partial charge in [-0.05, 0) is 46.9 Å². The monoisotopic (exact) mass is 448 g/mol. The van der Waals surface area contributed by atoms with Crippen LogP contribution in [0.5, 0.6) is 0 Å². The summed E-state index contributed by atoms with van der Waals surface area (Å²) in [6.07, 6.45) is 0. The minimum absolute atomic E-state index is 0.00376. The Morgan fingerprint density at radius 3 is 1.82 bits per heavy atom. The maximum absolute atomic E-state index is 13.9. The second-order valence-electron chi connectivity index (χ2n) is 8.36. The molecule has 160 valence electrons. The van der Waals surface area contributed by atoms with E-state index < -0.39 is 15.4 Å². The number of benzene rings is 4. The van der Waals surface area contributed by atoms with Crippen molar-refractivity contribution in [1.29, 1.82) is 0 Å². The van der Waals surface area contributed by atoms with E-state index in [2.05, 4.69) is 17.2 Å². The van der Waals surface area contributed by atoms with Gasteiger partial charge in [-0.1, -0.05) is 96.6 Å². The molecule has 0 fully saturated rings. The molecule has 0 unspecified atom stereocenters. The highest BCUT2D eigenvalue weighted by Gasteiger charge is 2.53. The fraction of sp³-hybridized carbons (Fsp3) is 0.0714. The van der Waals surface area contributed by atoms with Crippen LogP contribution < -0.4 is 0 Å². The first-order valence-electron chi connectivity index (χ1n) is 10.8. The number of hydrogen-bond acceptors (Lipinski definition) is 4. The summed E-state index contributed by atoms with van der Waals surface area (Å²) >= 11 is 0. The number of nitrogens with zero attached hydrogens (tertiary/aromatic N) is 2. The molecular weight excluding hydrogens is 428 g/mol. The predicted octanol–water partition coefficient (Wildman–Crippen LogP) is 6.53. The van der Waals surface area contributed by atoms with Crippen molar-refractivity contribution in [2.24, 2.45) is 10.2 Å². The van der Waals surface area contributed by atoms with Gasteiger partial charge in [-0.25, -0.2) is 8.42 Å². The van der Waals surface area contributed by atoms with E-state index in [0.717, 1.165) is 33.4 Å². The third kappa shape index (κ3) is 2.72. The molecule has 4 aromatic rings. The summed E-state index contributed by atoms with van der Waals surface area (Å²) in [4.78, 5) is 0.215. The lowest BCUT2D eigenvalue weighted by Gasteiger charge is -2.26. The number of fused-ring (bicyclic) bond motifs is 5. The first-order valence-corrected chi connectivity index (χ1v) is 12.3. The van der Waals surface area contributed by atoms with E-state index in [0.29, 0.717) is 5.57 Å². The molecule has 2 aliphatic rings. The van der Waals surface area contributed by atoms with Crippen molar-refractivity contribution in [2.45, 2.75) is 17.4 Å². The average molecular weight is 449 g/mol. The van der Waals surface area contributed by atoms with Gasteiger partial charge in [0.1, 0.15) is 0 Å². The number of azo groups is 1. The van der Waals surface area contributed by atoms with Crippen LogP contribution in [-0.2, 0) is 15.4 Å². The summed E-state index contributed by atoms with van der Waals surface area (Å²) in [7, 11) is -3.90. The lowest BCUT2D eigenvalue weighted by atomic mass is 9.79. The van der Waals surface area contributed by atoms with E-state index in [9.17, 15) is 8.42 Å². The minimum Gasteiger partial charge on any atom is -0.217 e. The van der Waals surface area contributed by atoms with Crippen LogP contribution >= 0.6 is 0 Å². The van der Waals surface area contributed by atoms with Crippen LogP contribution in [0.2, 0.25) is 0 Å². The fourth-order valence-corrected chi connectivity index (χ4v) is 6.32. The van der Waals surface area contributed by atoms with E-state index >= 15 is 0 Å². The van der Waals surface area contributed by atoms with Gasteiger partial charge < -0.3 is 0 Å². The minimum atomic E-state index is -3.90. The van der Waals surface area contributed by atoms with E-state index in [-0.39, 0.29) is 9.92 Å². The Balaban J connectivity index is 1.72. The Kier molecular flexibility index (Phi) is 4.26. The number of aryl methyl sites for hydroxylation is 1. The van der Waals surface area contributed by atoms with Gasteiger partial charge in [0.25, 0.3) is 0 Å². The van der Waals surface area contributed by atoms with Crippen LogP contribution in [0.1, 0.15) is 22.3 Å². The predicted molar refractivity (Wildman–Crippen MR) is 129 cm³/mol. The number of sulfone groups is 1. The van der Waals surface area contributed by atoms with Crippen LogP contribution in [0.3, 0.4) is 0 Å². The van der Waals surface area contributed by atoms with Crippen molar-refractivity contribution >= 4 is 15.4 Å². The Hall–Kier alpha value is -3.83. The molecule has 4 aromatic carbocycles. The molecule has 6 rings (SSSR count). The van der Waals surface area contributed by atoms with Gasteiger partial charge in [0.15, 0.2) is 10.6 Å². The summed E-state index contributed by atoms with van der Waals surface area (Å²) in [6, 6.07) is 32.6. The molecule has 0 saturated heterocycles. The molecule has 0 aromatic heterocycles. The largest absolute Gasteiger partial charge is 0.226 e. The average Bonchev–Trinajstić information content (AvgIpc) is 3.39. The molecule has 4 nitrogen and oxygen atoms in total. The van der Waals surface area contributed by atoms with Crippen LogP contribution in [0.25, 0.3) is 16.7 Å². The molecular formula is C28H20N2O2S. The smallest absolute Gasteiger partial charge is 0.217 e. The summed E-state index contributed by atoms with van der Waals surface area (Å²) in [5.41, 5.74) is 5.37. The van der Waals surface area contributed by atoms with Crippen LogP contribution in [0.4, 0.5) is 0 Å². The van der Waals surface area contributed by atoms with Gasteiger partial charge in [-0.15, -0.1) is 5.11 Å². The van der Waals surface area contributed by atoms with Crippen LogP contribution in [-0.4, -0.2) is 8.42 Å². The zero-order valence-electron chi connectivity index (χ0n) is 17.9. The van der Waals surface area contributed by atoms with Crippen LogP contribution in [0, 0.1) is 6.92 Å². The molecule has 0 bridgehead atoms. The molecule has 5 heteroatoms. The first-order chi connectivity index (χ1) is 16.0. The lowest BCUT2D eigenvalue weighted by Crippen LogP contribution is -2.23. The van der Waals surface area contributed by atoms with E-state index in [1.54, 1.807) is 24.3 Å². The highest BCUT2D eigenvalue weighted by atomic mass is 32.2. The maximum Gasteiger partial charge on any atom is 0.226 e. The van der Waals surface area contributed by atoms with Crippen LogP contribution in [0.15, 0.2) is 123 Å². The van der Waals surface area contributed by atoms with Crippen molar-refractivity contribution in [2.75, 3.05) is 0 Å². The fourth-order valence-electron chi connectivity index (χ4n) is 4.92. The van der Waals surface area contributed by atoms with Gasteiger partial charge in [-0.2, -0.15) is 5.11 Å². The summed E-state index contributed by atoms with van der Waals surface area (Å²) in [5, 5.41) is 9.19. The molecule has 33 heavy (non-hydrogen) atoms. The lowest BCUT2D eigenvalue weighted by molar-refractivity contribution is 0.601. The summed E-state index contributed by atoms with van der Waals surface area (Å²) in [5.74, 6) is 0. The molecule has 1 heterocycles. The summed E-state index contributed by atoms with van der Waals surface area (Å²) in [6.45, 7) is 1.93. The first kappa shape index (κ1) is 19.8. The topological polar surface area (TPSA) is 58.9 Å². The van der Waals surface area contributed by atoms with Crippen molar-refractivity contribution in [3.63, 3.8) is 0 Å². The third-order valence-corrected chi connectivity index (χ3v) is 8.13. The summed E-state index contributed by atoms with van der Waals surface area (Å²) < 4.78 is 27.8. The zero-order chi connectivity index (χ0) is 22.6. The third-order valence-electron chi connectivity index (χ3n) is 6.44. The van der Waals surface area contributed by atoms with Gasteiger partial charge >= 0.3 is 0 Å². The molecule has 0 N–H and O–H groups in total. The molecule has 0 atom stereocenters. The Morgan fingerprint density at radius 2 is 1.21 bits per heavy atom. The van der Waals surface area contributed by atoms with E-state index in [1.165, 1.54) is 0 Å². The zero-order valence-corrected chi connectivity index (χ0v) is 18.8. The molecule has 0 amide bonds. The second-order valence-corrected chi connectivity index (χ2v) is 10.2. The van der Waals surface area contributed by atoms with E-state index in [1.807, 2.05) is 73.7 Å². The van der Waals surface area contributed by atoms with Crippen molar-refractivity contribution in [3.05, 3.63) is 130 Å². The van der Waals surface area contributed by atoms with Gasteiger partial charge in [0.05, 0.1) is 4.90 Å². The molecule has 0 radical (unpaired) electrons. The van der Waals surface area contributed by atoms with Crippen molar-refractivity contribution in [1.82, 2.24) is 0 Å². The van der Waals surface area contributed by atoms with Crippen molar-refractivity contribution < 1.29 is 8.42 Å².